The molecule has 132 valence electrons. The quantitative estimate of drug-likeness (QED) is 0.716. The number of fused-ring (bicyclic) bond motifs is 1. The van der Waals surface area contributed by atoms with Gasteiger partial charge in [-0.1, -0.05) is 45.9 Å². The Morgan fingerprint density at radius 1 is 1.12 bits per heavy atom. The van der Waals surface area contributed by atoms with Gasteiger partial charge in [0.05, 0.1) is 0 Å². The van der Waals surface area contributed by atoms with Gasteiger partial charge in [0.1, 0.15) is 6.04 Å². The van der Waals surface area contributed by atoms with Gasteiger partial charge in [0, 0.05) is 26.1 Å². The van der Waals surface area contributed by atoms with E-state index in [0.717, 1.165) is 18.7 Å². The van der Waals surface area contributed by atoms with Crippen molar-refractivity contribution >= 4 is 11.8 Å². The average Bonchev–Trinajstić information content (AvgIpc) is 2.96. The van der Waals surface area contributed by atoms with E-state index >= 15 is 0 Å². The van der Waals surface area contributed by atoms with Crippen molar-refractivity contribution in [1.82, 2.24) is 16.0 Å². The van der Waals surface area contributed by atoms with Gasteiger partial charge < -0.3 is 16.0 Å². The first-order chi connectivity index (χ1) is 11.4. The van der Waals surface area contributed by atoms with E-state index in [9.17, 15) is 9.59 Å². The lowest BCUT2D eigenvalue weighted by Gasteiger charge is -2.22. The van der Waals surface area contributed by atoms with E-state index in [4.69, 9.17) is 0 Å². The lowest BCUT2D eigenvalue weighted by Crippen LogP contribution is -2.49. The SMILES string of the molecule is CC(C)CC(=O)NC(C(=O)NCc1ccc2c(c1)CNC2)C(C)C. The molecule has 1 aromatic carbocycles. The molecule has 0 radical (unpaired) electrons. The molecule has 1 heterocycles. The minimum Gasteiger partial charge on any atom is -0.350 e. The molecule has 2 amide bonds. The van der Waals surface area contributed by atoms with Gasteiger partial charge in [-0.2, -0.15) is 0 Å². The second-order valence-electron chi connectivity index (χ2n) is 7.31. The molecule has 1 aromatic rings. The molecule has 0 saturated heterocycles. The van der Waals surface area contributed by atoms with Crippen molar-refractivity contribution in [2.75, 3.05) is 0 Å². The van der Waals surface area contributed by atoms with Gasteiger partial charge >= 0.3 is 0 Å². The van der Waals surface area contributed by atoms with E-state index in [1.165, 1.54) is 11.1 Å². The Kier molecular flexibility index (Phi) is 6.37. The Bertz CT molecular complexity index is 596. The molecule has 5 nitrogen and oxygen atoms in total. The zero-order chi connectivity index (χ0) is 17.7. The lowest BCUT2D eigenvalue weighted by molar-refractivity contribution is -0.130. The molecule has 5 heteroatoms. The van der Waals surface area contributed by atoms with Crippen LogP contribution in [-0.4, -0.2) is 17.9 Å². The van der Waals surface area contributed by atoms with E-state index in [-0.39, 0.29) is 23.7 Å². The first-order valence-electron chi connectivity index (χ1n) is 8.75. The molecule has 24 heavy (non-hydrogen) atoms. The zero-order valence-electron chi connectivity index (χ0n) is 15.1. The third-order valence-electron chi connectivity index (χ3n) is 4.23. The lowest BCUT2D eigenvalue weighted by atomic mass is 10.0. The van der Waals surface area contributed by atoms with Crippen molar-refractivity contribution in [3.05, 3.63) is 34.9 Å². The predicted molar refractivity (Wildman–Crippen MR) is 95.1 cm³/mol. The van der Waals surface area contributed by atoms with Crippen LogP contribution < -0.4 is 16.0 Å². The van der Waals surface area contributed by atoms with Crippen LogP contribution in [0.4, 0.5) is 0 Å². The van der Waals surface area contributed by atoms with Crippen molar-refractivity contribution in [3.8, 4) is 0 Å². The van der Waals surface area contributed by atoms with E-state index in [1.54, 1.807) is 0 Å². The highest BCUT2D eigenvalue weighted by Crippen LogP contribution is 2.17. The monoisotopic (exact) mass is 331 g/mol. The summed E-state index contributed by atoms with van der Waals surface area (Å²) in [5, 5.41) is 9.14. The Balaban J connectivity index is 1.91. The fourth-order valence-electron chi connectivity index (χ4n) is 2.90. The molecule has 0 bridgehead atoms. The second-order valence-corrected chi connectivity index (χ2v) is 7.31. The summed E-state index contributed by atoms with van der Waals surface area (Å²) in [4.78, 5) is 24.5. The molecule has 1 atom stereocenters. The summed E-state index contributed by atoms with van der Waals surface area (Å²) in [6.07, 6.45) is 0.439. The van der Waals surface area contributed by atoms with Gasteiger partial charge in [0.2, 0.25) is 11.8 Å². The van der Waals surface area contributed by atoms with Gasteiger partial charge in [-0.25, -0.2) is 0 Å². The van der Waals surface area contributed by atoms with Crippen molar-refractivity contribution < 1.29 is 9.59 Å². The second kappa shape index (κ2) is 8.29. The molecular formula is C19H29N3O2. The first kappa shape index (κ1) is 18.5. The fourth-order valence-corrected chi connectivity index (χ4v) is 2.90. The summed E-state index contributed by atoms with van der Waals surface area (Å²) in [5.74, 6) is 0.134. The molecule has 3 N–H and O–H groups in total. The zero-order valence-corrected chi connectivity index (χ0v) is 15.1. The number of carbonyl (C=O) groups excluding carboxylic acids is 2. The number of nitrogens with one attached hydrogen (secondary N) is 3. The summed E-state index contributed by atoms with van der Waals surface area (Å²) in [5.41, 5.74) is 3.71. The summed E-state index contributed by atoms with van der Waals surface area (Å²) in [6, 6.07) is 5.80. The van der Waals surface area contributed by atoms with E-state index in [1.807, 2.05) is 33.8 Å². The summed E-state index contributed by atoms with van der Waals surface area (Å²) in [7, 11) is 0. The Morgan fingerprint density at radius 3 is 2.50 bits per heavy atom. The highest BCUT2D eigenvalue weighted by Gasteiger charge is 2.24. The normalized spacial score (nSPS) is 14.6. The van der Waals surface area contributed by atoms with E-state index in [2.05, 4.69) is 28.1 Å². The van der Waals surface area contributed by atoms with Crippen molar-refractivity contribution in [1.29, 1.82) is 0 Å². The third kappa shape index (κ3) is 5.06. The largest absolute Gasteiger partial charge is 0.350 e. The van der Waals surface area contributed by atoms with Crippen molar-refractivity contribution in [2.45, 2.75) is 59.8 Å². The fraction of sp³-hybridized carbons (Fsp3) is 0.579. The predicted octanol–water partition coefficient (Wildman–Crippen LogP) is 2.09. The van der Waals surface area contributed by atoms with Gasteiger partial charge in [0.15, 0.2) is 0 Å². The average molecular weight is 331 g/mol. The van der Waals surface area contributed by atoms with Crippen molar-refractivity contribution in [3.63, 3.8) is 0 Å². The Morgan fingerprint density at radius 2 is 1.83 bits per heavy atom. The first-order valence-corrected chi connectivity index (χ1v) is 8.75. The molecule has 0 saturated carbocycles. The molecule has 2 rings (SSSR count). The van der Waals surface area contributed by atoms with Crippen LogP contribution in [0.1, 0.15) is 50.8 Å². The maximum atomic E-state index is 12.5. The van der Waals surface area contributed by atoms with Crippen LogP contribution in [0.25, 0.3) is 0 Å². The van der Waals surface area contributed by atoms with E-state index in [0.29, 0.717) is 13.0 Å². The van der Waals surface area contributed by atoms with Crippen LogP contribution in [0, 0.1) is 11.8 Å². The molecule has 0 aliphatic carbocycles. The Labute approximate surface area is 144 Å². The number of benzene rings is 1. The third-order valence-corrected chi connectivity index (χ3v) is 4.23. The highest BCUT2D eigenvalue weighted by atomic mass is 16.2. The topological polar surface area (TPSA) is 70.2 Å². The summed E-state index contributed by atoms with van der Waals surface area (Å²) in [6.45, 7) is 10.2. The number of amides is 2. The maximum absolute atomic E-state index is 12.5. The van der Waals surface area contributed by atoms with Crippen LogP contribution in [0.15, 0.2) is 18.2 Å². The van der Waals surface area contributed by atoms with Crippen LogP contribution in [-0.2, 0) is 29.2 Å². The molecule has 1 unspecified atom stereocenters. The van der Waals surface area contributed by atoms with Gasteiger partial charge in [-0.05, 0) is 28.5 Å². The molecule has 1 aliphatic rings. The highest BCUT2D eigenvalue weighted by molar-refractivity contribution is 5.87. The molecule has 0 aromatic heterocycles. The van der Waals surface area contributed by atoms with E-state index < -0.39 is 6.04 Å². The molecule has 0 spiro atoms. The Hall–Kier alpha value is -1.88. The number of carbonyl (C=O) groups is 2. The van der Waals surface area contributed by atoms with Crippen LogP contribution in [0.2, 0.25) is 0 Å². The standard InChI is InChI=1S/C19H29N3O2/c1-12(2)7-17(23)22-18(13(3)4)19(24)21-9-14-5-6-15-10-20-11-16(15)8-14/h5-6,8,12-13,18,20H,7,9-11H2,1-4H3,(H,21,24)(H,22,23). The molecule has 0 fully saturated rings. The van der Waals surface area contributed by atoms with Crippen LogP contribution >= 0.6 is 0 Å². The minimum absolute atomic E-state index is 0.0466. The summed E-state index contributed by atoms with van der Waals surface area (Å²) < 4.78 is 0. The van der Waals surface area contributed by atoms with Gasteiger partial charge in [0.25, 0.3) is 0 Å². The van der Waals surface area contributed by atoms with Gasteiger partial charge in [-0.15, -0.1) is 0 Å². The van der Waals surface area contributed by atoms with Crippen LogP contribution in [0.3, 0.4) is 0 Å². The minimum atomic E-state index is -0.493. The maximum Gasteiger partial charge on any atom is 0.243 e. The smallest absolute Gasteiger partial charge is 0.243 e. The number of hydrogen-bond acceptors (Lipinski definition) is 3. The summed E-state index contributed by atoms with van der Waals surface area (Å²) >= 11 is 0. The van der Waals surface area contributed by atoms with Crippen LogP contribution in [0.5, 0.6) is 0 Å². The van der Waals surface area contributed by atoms with Crippen molar-refractivity contribution in [2.24, 2.45) is 11.8 Å². The number of rotatable bonds is 7. The number of hydrogen-bond donors (Lipinski definition) is 3. The molecule has 1 aliphatic heterocycles. The molecular weight excluding hydrogens is 302 g/mol. The van der Waals surface area contributed by atoms with Gasteiger partial charge in [-0.3, -0.25) is 9.59 Å².